The fraction of sp³-hybridized carbons (Fsp3) is 0.583. The molecule has 0 saturated carbocycles. The van der Waals surface area contributed by atoms with E-state index in [9.17, 15) is 24.3 Å². The molecular formula is C48H65N9O7S. The molecular weight excluding hydrogens is 847 g/mol. The van der Waals surface area contributed by atoms with E-state index in [0.717, 1.165) is 70.6 Å². The van der Waals surface area contributed by atoms with Crippen LogP contribution in [0.1, 0.15) is 89.6 Å². The molecule has 8 bridgehead atoms. The number of cyclic esters (lactones) is 1. The first-order valence-corrected chi connectivity index (χ1v) is 23.9. The molecule has 1 aromatic carbocycles. The highest BCUT2D eigenvalue weighted by molar-refractivity contribution is 7.10. The lowest BCUT2D eigenvalue weighted by atomic mass is 9.84. The van der Waals surface area contributed by atoms with Crippen LogP contribution < -0.4 is 10.7 Å². The number of likely N-dealkylation sites (tertiary alicyclic amines) is 1. The fourth-order valence-electron chi connectivity index (χ4n) is 10.5. The van der Waals surface area contributed by atoms with Crippen molar-refractivity contribution >= 4 is 46.1 Å². The molecule has 0 aliphatic carbocycles. The number of likely N-dealkylation sites (N-methyl/N-ethyl adjacent to an activating group) is 2. The number of carbonyl (C=O) groups is 4. The van der Waals surface area contributed by atoms with Crippen LogP contribution in [0.25, 0.3) is 33.4 Å². The number of piperazine rings is 1. The highest BCUT2D eigenvalue weighted by Gasteiger charge is 2.47. The molecule has 3 fully saturated rings. The quantitative estimate of drug-likeness (QED) is 0.194. The van der Waals surface area contributed by atoms with Crippen molar-refractivity contribution in [3.05, 3.63) is 58.2 Å². The molecule has 16 nitrogen and oxygen atoms in total. The summed E-state index contributed by atoms with van der Waals surface area (Å²) in [5.74, 6) is -2.21. The number of nitrogens with zero attached hydrogens (tertiary/aromatic N) is 7. The Morgan fingerprint density at radius 3 is 2.57 bits per heavy atom. The number of hydrogen-bond acceptors (Lipinski definition) is 12. The van der Waals surface area contributed by atoms with Gasteiger partial charge in [-0.05, 0) is 82.3 Å². The predicted molar refractivity (Wildman–Crippen MR) is 248 cm³/mol. The Bertz CT molecular complexity index is 2440. The smallest absolute Gasteiger partial charge is 0.355 e. The van der Waals surface area contributed by atoms with Crippen molar-refractivity contribution in [2.24, 2.45) is 11.3 Å². The zero-order chi connectivity index (χ0) is 46.5. The molecule has 7 heterocycles. The van der Waals surface area contributed by atoms with E-state index in [1.54, 1.807) is 20.4 Å². The van der Waals surface area contributed by atoms with Crippen LogP contribution in [0.2, 0.25) is 0 Å². The lowest BCUT2D eigenvalue weighted by molar-refractivity contribution is -0.189. The highest BCUT2D eigenvalue weighted by Crippen LogP contribution is 2.42. The van der Waals surface area contributed by atoms with E-state index >= 15 is 0 Å². The van der Waals surface area contributed by atoms with Gasteiger partial charge in [-0.3, -0.25) is 19.6 Å². The number of amides is 4. The van der Waals surface area contributed by atoms with Gasteiger partial charge in [0.05, 0.1) is 34.8 Å². The summed E-state index contributed by atoms with van der Waals surface area (Å²) < 4.78 is 14.1. The normalized spacial score (nSPS) is 24.8. The number of urea groups is 1. The highest BCUT2D eigenvalue weighted by atomic mass is 32.1. The Morgan fingerprint density at radius 1 is 1.14 bits per heavy atom. The van der Waals surface area contributed by atoms with E-state index < -0.39 is 41.0 Å². The number of hydrazine groups is 1. The summed E-state index contributed by atoms with van der Waals surface area (Å²) in [6.45, 7) is 14.3. The van der Waals surface area contributed by atoms with Gasteiger partial charge in [0.25, 0.3) is 5.91 Å². The third-order valence-corrected chi connectivity index (χ3v) is 14.6. The Balaban J connectivity index is 1.18. The molecule has 2 unspecified atom stereocenters. The number of fused-ring (bicyclic) bond motifs is 8. The Labute approximate surface area is 385 Å². The molecule has 4 amide bonds. The minimum atomic E-state index is -2.20. The number of nitrogens with one attached hydrogen (secondary N) is 2. The van der Waals surface area contributed by atoms with Crippen molar-refractivity contribution in [2.45, 2.75) is 123 Å². The van der Waals surface area contributed by atoms with Gasteiger partial charge in [-0.2, -0.15) is 5.43 Å². The number of hydrogen-bond donors (Lipinski definition) is 3. The topological polar surface area (TPSA) is 175 Å². The average molecular weight is 912 g/mol. The van der Waals surface area contributed by atoms with Crippen molar-refractivity contribution in [3.63, 3.8) is 0 Å². The molecule has 4 aliphatic rings. The summed E-state index contributed by atoms with van der Waals surface area (Å²) in [5.41, 5.74) is 6.43. The molecule has 6 atom stereocenters. The van der Waals surface area contributed by atoms with Crippen LogP contribution in [0, 0.1) is 11.3 Å². The number of thiazole rings is 1. The number of aromatic nitrogens is 3. The Morgan fingerprint density at radius 2 is 1.88 bits per heavy atom. The second-order valence-electron chi connectivity index (χ2n) is 19.6. The maximum Gasteiger partial charge on any atom is 0.355 e. The van der Waals surface area contributed by atoms with Gasteiger partial charge in [0, 0.05) is 104 Å². The van der Waals surface area contributed by atoms with Crippen LogP contribution in [0.3, 0.4) is 0 Å². The van der Waals surface area contributed by atoms with Gasteiger partial charge in [-0.1, -0.05) is 33.8 Å². The number of ether oxygens (including phenoxy) is 2. The van der Waals surface area contributed by atoms with Crippen LogP contribution in [0.5, 0.6) is 0 Å². The number of benzene rings is 1. The molecule has 17 heteroatoms. The molecule has 8 rings (SSSR count). The number of methoxy groups -OCH3 is 1. The van der Waals surface area contributed by atoms with Gasteiger partial charge in [-0.15, -0.1) is 11.3 Å². The zero-order valence-corrected chi connectivity index (χ0v) is 40.0. The van der Waals surface area contributed by atoms with Crippen molar-refractivity contribution in [1.82, 2.24) is 45.0 Å². The second-order valence-corrected chi connectivity index (χ2v) is 20.5. The van der Waals surface area contributed by atoms with Gasteiger partial charge in [0.2, 0.25) is 11.6 Å². The summed E-state index contributed by atoms with van der Waals surface area (Å²) in [7, 11) is 5.41. The summed E-state index contributed by atoms with van der Waals surface area (Å²) >= 11 is 1.39. The summed E-state index contributed by atoms with van der Waals surface area (Å²) in [6, 6.07) is 8.24. The van der Waals surface area contributed by atoms with Gasteiger partial charge in [0.1, 0.15) is 12.1 Å². The largest absolute Gasteiger partial charge is 0.462 e. The van der Waals surface area contributed by atoms with E-state index in [2.05, 4.69) is 58.4 Å². The minimum absolute atomic E-state index is 0.0118. The van der Waals surface area contributed by atoms with Crippen molar-refractivity contribution in [3.8, 4) is 22.5 Å². The number of pyridine rings is 1. The molecule has 350 valence electrons. The minimum Gasteiger partial charge on any atom is -0.462 e. The average Bonchev–Trinajstić information content (AvgIpc) is 3.95. The number of aryl methyl sites for hydroxylation is 1. The van der Waals surface area contributed by atoms with Gasteiger partial charge in [0.15, 0.2) is 0 Å². The maximum absolute atomic E-state index is 14.7. The second kappa shape index (κ2) is 18.4. The standard InChI is InChI=1S/C48H65N9O7S/c1-10-55-38-17-14-30-21-34(38)35(42(55)33-13-11-19-49-40(33)29(4)63-9)23-47(5,6)27-64-45(60)48(62)18-12-20-56(52-48)44(59)36(22-39-50-37(30)26-65-39)51-43(58)41(28(2)3)54(8)46(61)57-31-15-16-32(57)25-53(7)24-31/h11,13-14,17,19,21,26,28-29,31-32,36,41,52,62H,10,12,15-16,18,20,22-25,27H2,1-9H3,(H,51,58)/t29-,31?,32?,36-,41-,48-/m0/s1. The van der Waals surface area contributed by atoms with E-state index in [0.29, 0.717) is 24.4 Å². The van der Waals surface area contributed by atoms with Crippen molar-refractivity contribution < 1.29 is 33.8 Å². The third kappa shape index (κ3) is 9.01. The molecule has 3 saturated heterocycles. The first-order chi connectivity index (χ1) is 30.9. The van der Waals surface area contributed by atoms with E-state index in [1.165, 1.54) is 21.2 Å². The molecule has 0 spiro atoms. The first-order valence-electron chi connectivity index (χ1n) is 23.0. The van der Waals surface area contributed by atoms with Crippen molar-refractivity contribution in [2.75, 3.05) is 47.4 Å². The molecule has 4 aromatic rings. The maximum atomic E-state index is 14.7. The molecule has 3 aromatic heterocycles. The van der Waals surface area contributed by atoms with E-state index in [-0.39, 0.29) is 56.1 Å². The first kappa shape index (κ1) is 46.6. The number of carbonyl (C=O) groups excluding carboxylic acids is 4. The zero-order valence-electron chi connectivity index (χ0n) is 39.2. The molecule has 4 aliphatic heterocycles. The number of rotatable bonds is 8. The SMILES string of the molecule is CCn1c(-c2cccnc2[C@H](C)OC)c2c3cc(ccc31)-c1csc(n1)C[C@H](NC(=O)[C@H](C(C)C)N(C)C(=O)N1C3CCC1CN(C)C3)C(=O)N1CCC[C@@](O)(N1)C(=O)OCC(C)(C)C2. The Kier molecular flexibility index (Phi) is 13.2. The summed E-state index contributed by atoms with van der Waals surface area (Å²) in [6.07, 6.45) is 4.18. The molecule has 0 radical (unpaired) electrons. The van der Waals surface area contributed by atoms with Crippen LogP contribution in [0.15, 0.2) is 41.9 Å². The van der Waals surface area contributed by atoms with E-state index in [1.807, 2.05) is 51.0 Å². The van der Waals surface area contributed by atoms with Crippen LogP contribution in [-0.2, 0) is 43.2 Å². The molecule has 65 heavy (non-hydrogen) atoms. The predicted octanol–water partition coefficient (Wildman–Crippen LogP) is 5.38. The van der Waals surface area contributed by atoms with Crippen LogP contribution in [-0.4, -0.2) is 141 Å². The number of aliphatic hydroxyl groups is 1. The molecule has 3 N–H and O–H groups in total. The lowest BCUT2D eigenvalue weighted by Gasteiger charge is -2.43. The summed E-state index contributed by atoms with van der Waals surface area (Å²) in [5, 5.41) is 19.7. The number of esters is 1. The van der Waals surface area contributed by atoms with E-state index in [4.69, 9.17) is 19.4 Å². The Hall–Kier alpha value is -4.94. The fourth-order valence-corrected chi connectivity index (χ4v) is 11.4. The van der Waals surface area contributed by atoms with Gasteiger partial charge >= 0.3 is 12.0 Å². The van der Waals surface area contributed by atoms with Crippen LogP contribution in [0.4, 0.5) is 4.79 Å². The van der Waals surface area contributed by atoms with Gasteiger partial charge in [-0.25, -0.2) is 14.6 Å². The lowest BCUT2D eigenvalue weighted by Crippen LogP contribution is -2.67. The summed E-state index contributed by atoms with van der Waals surface area (Å²) in [4.78, 5) is 73.0. The van der Waals surface area contributed by atoms with Gasteiger partial charge < -0.3 is 39.2 Å². The van der Waals surface area contributed by atoms with Crippen LogP contribution >= 0.6 is 11.3 Å². The monoisotopic (exact) mass is 911 g/mol. The van der Waals surface area contributed by atoms with Crippen molar-refractivity contribution in [1.29, 1.82) is 0 Å². The third-order valence-electron chi connectivity index (χ3n) is 13.8.